The fourth-order valence-corrected chi connectivity index (χ4v) is 8.08. The molecule has 232 valence electrons. The first kappa shape index (κ1) is 32.1. The molecule has 0 bridgehead atoms. The summed E-state index contributed by atoms with van der Waals surface area (Å²) in [5.74, 6) is 0.731. The van der Waals surface area contributed by atoms with Crippen LogP contribution in [0.1, 0.15) is 28.7 Å². The number of sulfonamides is 1. The van der Waals surface area contributed by atoms with Crippen molar-refractivity contribution in [3.63, 3.8) is 0 Å². The molecule has 2 amide bonds. The van der Waals surface area contributed by atoms with E-state index in [0.29, 0.717) is 48.0 Å². The summed E-state index contributed by atoms with van der Waals surface area (Å²) in [4.78, 5) is 25.8. The number of rotatable bonds is 12. The highest BCUT2D eigenvalue weighted by molar-refractivity contribution is 8.01. The summed E-state index contributed by atoms with van der Waals surface area (Å²) in [5.41, 5.74) is 2.10. The van der Waals surface area contributed by atoms with Crippen molar-refractivity contribution in [1.29, 1.82) is 0 Å². The van der Waals surface area contributed by atoms with Gasteiger partial charge in [-0.1, -0.05) is 53.9 Å². The summed E-state index contributed by atoms with van der Waals surface area (Å²) >= 11 is 4.08. The van der Waals surface area contributed by atoms with E-state index < -0.39 is 15.9 Å². The Bertz CT molecular complexity index is 1720. The van der Waals surface area contributed by atoms with Crippen LogP contribution in [-0.2, 0) is 26.1 Å². The van der Waals surface area contributed by atoms with Crippen LogP contribution in [0.4, 0.5) is 5.13 Å². The number of nitrogens with one attached hydrogen (secondary N) is 2. The van der Waals surface area contributed by atoms with E-state index in [0.717, 1.165) is 21.3 Å². The molecule has 0 atom stereocenters. The SMILES string of the molecule is CCSc1nnc(NC(=O)CSc2nnc(CNC(=O)c3ccc(S(=O)(=O)N4CCOCC4)cc3)n2-c2cccc(C)c2)s1. The number of nitrogens with zero attached hydrogens (tertiary/aromatic N) is 6. The number of hydrogen-bond acceptors (Lipinski definition) is 12. The van der Waals surface area contributed by atoms with E-state index in [1.54, 1.807) is 16.3 Å². The first-order valence-corrected chi connectivity index (χ1v) is 17.8. The molecule has 4 aromatic rings. The average Bonchev–Trinajstić information content (AvgIpc) is 3.65. The van der Waals surface area contributed by atoms with E-state index in [-0.39, 0.29) is 23.1 Å². The third kappa shape index (κ3) is 7.83. The molecule has 13 nitrogen and oxygen atoms in total. The van der Waals surface area contributed by atoms with Crippen LogP contribution in [0.2, 0.25) is 0 Å². The molecule has 44 heavy (non-hydrogen) atoms. The number of carbonyl (C=O) groups is 2. The van der Waals surface area contributed by atoms with Gasteiger partial charge in [0, 0.05) is 24.3 Å². The molecular weight excluding hydrogens is 645 g/mol. The second-order valence-corrected chi connectivity index (χ2v) is 14.8. The molecule has 0 aliphatic carbocycles. The lowest BCUT2D eigenvalue weighted by atomic mass is 10.2. The first-order valence-electron chi connectivity index (χ1n) is 13.6. The quantitative estimate of drug-likeness (QED) is 0.168. The molecule has 3 heterocycles. The molecule has 1 saturated heterocycles. The maximum atomic E-state index is 13.0. The van der Waals surface area contributed by atoms with E-state index in [9.17, 15) is 18.0 Å². The standard InChI is InChI=1S/C27H30N8O5S4/c1-3-41-27-33-31-25(43-27)29-23(36)17-42-26-32-30-22(35(26)20-6-4-5-18(2)15-20)16-28-24(37)19-7-9-21(10-8-19)44(38,39)34-11-13-40-14-12-34/h4-10,15H,3,11-14,16-17H2,1-2H3,(H,28,37)(H,29,31,36). The number of benzene rings is 2. The van der Waals surface area contributed by atoms with Gasteiger partial charge in [-0.3, -0.25) is 19.5 Å². The van der Waals surface area contributed by atoms with Crippen molar-refractivity contribution in [3.05, 3.63) is 65.5 Å². The Hall–Kier alpha value is -3.35. The summed E-state index contributed by atoms with van der Waals surface area (Å²) in [6.45, 7) is 5.31. The number of aromatic nitrogens is 5. The highest BCUT2D eigenvalue weighted by atomic mass is 32.2. The number of morpholine rings is 1. The largest absolute Gasteiger partial charge is 0.379 e. The van der Waals surface area contributed by atoms with Crippen molar-refractivity contribution in [2.24, 2.45) is 0 Å². The molecule has 2 aromatic heterocycles. The number of thioether (sulfide) groups is 2. The van der Waals surface area contributed by atoms with Gasteiger partial charge in [-0.2, -0.15) is 4.31 Å². The zero-order chi connectivity index (χ0) is 31.1. The van der Waals surface area contributed by atoms with Gasteiger partial charge in [0.15, 0.2) is 15.3 Å². The van der Waals surface area contributed by atoms with Crippen LogP contribution in [0.15, 0.2) is 62.9 Å². The number of anilines is 1. The lowest BCUT2D eigenvalue weighted by molar-refractivity contribution is -0.113. The second-order valence-electron chi connectivity index (χ2n) is 9.44. The van der Waals surface area contributed by atoms with Crippen LogP contribution in [0.5, 0.6) is 0 Å². The van der Waals surface area contributed by atoms with Crippen molar-refractivity contribution in [3.8, 4) is 5.69 Å². The zero-order valence-electron chi connectivity index (χ0n) is 23.9. The summed E-state index contributed by atoms with van der Waals surface area (Å²) in [6.07, 6.45) is 0. The summed E-state index contributed by atoms with van der Waals surface area (Å²) in [6, 6.07) is 13.5. The Morgan fingerprint density at radius 3 is 2.52 bits per heavy atom. The van der Waals surface area contributed by atoms with Gasteiger partial charge < -0.3 is 10.1 Å². The van der Waals surface area contributed by atoms with Gasteiger partial charge in [0.25, 0.3) is 5.91 Å². The van der Waals surface area contributed by atoms with Gasteiger partial charge >= 0.3 is 0 Å². The minimum Gasteiger partial charge on any atom is -0.379 e. The van der Waals surface area contributed by atoms with Gasteiger partial charge in [-0.25, -0.2) is 8.42 Å². The van der Waals surface area contributed by atoms with Gasteiger partial charge in [0.05, 0.1) is 30.4 Å². The van der Waals surface area contributed by atoms with Gasteiger partial charge in [0.1, 0.15) is 0 Å². The first-order chi connectivity index (χ1) is 21.2. The average molecular weight is 675 g/mol. The third-order valence-corrected chi connectivity index (χ3v) is 11.0. The molecule has 1 fully saturated rings. The van der Waals surface area contributed by atoms with Crippen LogP contribution >= 0.6 is 34.9 Å². The molecule has 1 aliphatic heterocycles. The Kier molecular flexibility index (Phi) is 10.7. The van der Waals surface area contributed by atoms with Crippen molar-refractivity contribution < 1.29 is 22.7 Å². The lowest BCUT2D eigenvalue weighted by Crippen LogP contribution is -2.40. The monoisotopic (exact) mass is 674 g/mol. The molecule has 5 rings (SSSR count). The Labute approximate surface area is 267 Å². The van der Waals surface area contributed by atoms with Crippen LogP contribution in [0.3, 0.4) is 0 Å². The summed E-state index contributed by atoms with van der Waals surface area (Å²) in [7, 11) is -3.67. The van der Waals surface area contributed by atoms with Crippen LogP contribution in [-0.4, -0.2) is 87.3 Å². The molecule has 1 aliphatic rings. The van der Waals surface area contributed by atoms with Crippen molar-refractivity contribution in [2.45, 2.75) is 34.8 Å². The minimum absolute atomic E-state index is 0.0447. The van der Waals surface area contributed by atoms with Crippen molar-refractivity contribution >= 4 is 61.8 Å². The number of aryl methyl sites for hydroxylation is 1. The maximum Gasteiger partial charge on any atom is 0.251 e. The van der Waals surface area contributed by atoms with Crippen LogP contribution in [0, 0.1) is 6.92 Å². The topological polar surface area (TPSA) is 161 Å². The fraction of sp³-hybridized carbons (Fsp3) is 0.333. The molecule has 2 N–H and O–H groups in total. The van der Waals surface area contributed by atoms with Crippen LogP contribution in [0.25, 0.3) is 5.69 Å². The molecule has 0 saturated carbocycles. The highest BCUT2D eigenvalue weighted by Crippen LogP contribution is 2.26. The zero-order valence-corrected chi connectivity index (χ0v) is 27.2. The number of ether oxygens (including phenoxy) is 1. The van der Waals surface area contributed by atoms with E-state index in [2.05, 4.69) is 31.0 Å². The highest BCUT2D eigenvalue weighted by Gasteiger charge is 2.26. The Morgan fingerprint density at radius 1 is 1.02 bits per heavy atom. The summed E-state index contributed by atoms with van der Waals surface area (Å²) in [5, 5.41) is 23.2. The van der Waals surface area contributed by atoms with E-state index in [4.69, 9.17) is 4.74 Å². The molecule has 0 spiro atoms. The van der Waals surface area contributed by atoms with Gasteiger partial charge in [0.2, 0.25) is 21.1 Å². The van der Waals surface area contributed by atoms with Crippen molar-refractivity contribution in [2.75, 3.05) is 43.1 Å². The third-order valence-electron chi connectivity index (χ3n) is 6.34. The number of amides is 2. The smallest absolute Gasteiger partial charge is 0.251 e. The predicted octanol–water partition coefficient (Wildman–Crippen LogP) is 3.22. The minimum atomic E-state index is -3.67. The molecule has 17 heteroatoms. The molecule has 0 radical (unpaired) electrons. The fourth-order valence-electron chi connectivity index (χ4n) is 4.24. The molecular formula is C27H30N8O5S4. The second kappa shape index (κ2) is 14.6. The Morgan fingerprint density at radius 2 is 1.80 bits per heavy atom. The molecule has 0 unspecified atom stereocenters. The van der Waals surface area contributed by atoms with Crippen LogP contribution < -0.4 is 10.6 Å². The number of carbonyl (C=O) groups excluding carboxylic acids is 2. The predicted molar refractivity (Wildman–Crippen MR) is 169 cm³/mol. The lowest BCUT2D eigenvalue weighted by Gasteiger charge is -2.26. The normalized spacial score (nSPS) is 14.0. The van der Waals surface area contributed by atoms with E-state index >= 15 is 0 Å². The molecule has 2 aromatic carbocycles. The van der Waals surface area contributed by atoms with E-state index in [1.165, 1.54) is 51.7 Å². The van der Waals surface area contributed by atoms with Crippen molar-refractivity contribution in [1.82, 2.24) is 34.6 Å². The Balaban J connectivity index is 1.26. The van der Waals surface area contributed by atoms with E-state index in [1.807, 2.05) is 38.1 Å². The maximum absolute atomic E-state index is 13.0. The number of hydrogen-bond donors (Lipinski definition) is 2. The summed E-state index contributed by atoms with van der Waals surface area (Å²) < 4.78 is 35.0. The van der Waals surface area contributed by atoms with Gasteiger partial charge in [-0.15, -0.1) is 20.4 Å². The van der Waals surface area contributed by atoms with Gasteiger partial charge in [-0.05, 0) is 54.6 Å².